The fraction of sp³-hybridized carbons (Fsp3) is 0.273. The van der Waals surface area contributed by atoms with Crippen LogP contribution in [0.15, 0.2) is 41.0 Å². The van der Waals surface area contributed by atoms with Gasteiger partial charge in [-0.15, -0.1) is 22.7 Å². The van der Waals surface area contributed by atoms with Crippen LogP contribution < -0.4 is 5.32 Å². The van der Waals surface area contributed by atoms with Crippen LogP contribution in [-0.4, -0.2) is 20.9 Å². The number of aryl methyl sites for hydroxylation is 3. The zero-order valence-electron chi connectivity index (χ0n) is 16.5. The van der Waals surface area contributed by atoms with Gasteiger partial charge >= 0.3 is 0 Å². The third-order valence-electron chi connectivity index (χ3n) is 5.07. The third kappa shape index (κ3) is 4.12. The molecule has 30 heavy (non-hydrogen) atoms. The molecule has 0 saturated heterocycles. The van der Waals surface area contributed by atoms with Crippen LogP contribution in [0.2, 0.25) is 0 Å². The number of rotatable bonds is 6. The highest BCUT2D eigenvalue weighted by molar-refractivity contribution is 7.98. The van der Waals surface area contributed by atoms with E-state index in [-0.39, 0.29) is 5.91 Å². The molecule has 1 aromatic carbocycles. The number of nitrogens with one attached hydrogen (secondary N) is 1. The summed E-state index contributed by atoms with van der Waals surface area (Å²) in [7, 11) is 0. The highest BCUT2D eigenvalue weighted by atomic mass is 32.2. The minimum absolute atomic E-state index is 0.0428. The molecule has 0 bridgehead atoms. The second kappa shape index (κ2) is 8.45. The summed E-state index contributed by atoms with van der Waals surface area (Å²) in [5.41, 5.74) is 4.42. The zero-order valence-corrected chi connectivity index (χ0v) is 18.9. The van der Waals surface area contributed by atoms with Crippen LogP contribution in [0.1, 0.15) is 33.1 Å². The number of hydrogen-bond acceptors (Lipinski definition) is 7. The van der Waals surface area contributed by atoms with Crippen molar-refractivity contribution in [3.8, 4) is 0 Å². The van der Waals surface area contributed by atoms with Crippen LogP contribution in [0.4, 0.5) is 5.69 Å². The van der Waals surface area contributed by atoms with Gasteiger partial charge in [0.2, 0.25) is 5.91 Å². The van der Waals surface area contributed by atoms with E-state index >= 15 is 0 Å². The van der Waals surface area contributed by atoms with E-state index < -0.39 is 0 Å². The van der Waals surface area contributed by atoms with Gasteiger partial charge in [-0.25, -0.2) is 15.0 Å². The maximum Gasteiger partial charge on any atom is 0.231 e. The van der Waals surface area contributed by atoms with E-state index in [1.54, 1.807) is 18.1 Å². The molecule has 1 amide bonds. The monoisotopic (exact) mass is 452 g/mol. The summed E-state index contributed by atoms with van der Waals surface area (Å²) in [5.74, 6) is 0.700. The number of fused-ring (bicyclic) bond motifs is 3. The summed E-state index contributed by atoms with van der Waals surface area (Å²) < 4.78 is 0. The first-order valence-corrected chi connectivity index (χ1v) is 12.5. The third-order valence-corrected chi connectivity index (χ3v) is 8.19. The smallest absolute Gasteiger partial charge is 0.231 e. The molecule has 3 aromatic heterocycles. The van der Waals surface area contributed by atoms with Crippen molar-refractivity contribution < 1.29 is 4.79 Å². The summed E-state index contributed by atoms with van der Waals surface area (Å²) in [4.78, 5) is 28.6. The Morgan fingerprint density at radius 2 is 2.07 bits per heavy atom. The van der Waals surface area contributed by atoms with Gasteiger partial charge < -0.3 is 5.32 Å². The number of thiophene rings is 1. The van der Waals surface area contributed by atoms with E-state index in [4.69, 9.17) is 0 Å². The van der Waals surface area contributed by atoms with Gasteiger partial charge in [-0.05, 0) is 43.9 Å². The highest BCUT2D eigenvalue weighted by Crippen LogP contribution is 2.40. The lowest BCUT2D eigenvalue weighted by Gasteiger charge is -2.04. The molecule has 3 heterocycles. The second-order valence-corrected chi connectivity index (χ2v) is 10.3. The van der Waals surface area contributed by atoms with Crippen LogP contribution in [0.25, 0.3) is 10.2 Å². The molecule has 0 atom stereocenters. The average molecular weight is 453 g/mol. The maximum atomic E-state index is 12.3. The summed E-state index contributed by atoms with van der Waals surface area (Å²) in [6.07, 6.45) is 5.49. The van der Waals surface area contributed by atoms with Crippen LogP contribution in [-0.2, 0) is 29.8 Å². The molecule has 4 aromatic rings. The van der Waals surface area contributed by atoms with Crippen molar-refractivity contribution in [2.75, 3.05) is 5.32 Å². The van der Waals surface area contributed by atoms with Gasteiger partial charge in [-0.1, -0.05) is 29.5 Å². The van der Waals surface area contributed by atoms with Crippen LogP contribution in [0.5, 0.6) is 0 Å². The Bertz CT molecular complexity index is 1210. The zero-order chi connectivity index (χ0) is 20.5. The molecule has 8 heteroatoms. The van der Waals surface area contributed by atoms with Crippen molar-refractivity contribution in [2.45, 2.75) is 43.4 Å². The predicted molar refractivity (Wildman–Crippen MR) is 125 cm³/mol. The van der Waals surface area contributed by atoms with E-state index in [0.29, 0.717) is 6.42 Å². The van der Waals surface area contributed by atoms with Crippen molar-refractivity contribution in [2.24, 2.45) is 0 Å². The van der Waals surface area contributed by atoms with E-state index in [1.807, 2.05) is 47.9 Å². The minimum Gasteiger partial charge on any atom is -0.326 e. The molecule has 0 fully saturated rings. The summed E-state index contributed by atoms with van der Waals surface area (Å²) in [6.45, 7) is 2.03. The number of thioether (sulfide) groups is 1. The molecule has 0 unspecified atom stereocenters. The molecule has 0 radical (unpaired) electrons. The molecule has 1 N–H and O–H groups in total. The summed E-state index contributed by atoms with van der Waals surface area (Å²) in [6, 6.07) is 7.81. The van der Waals surface area contributed by atoms with Gasteiger partial charge in [-0.2, -0.15) is 0 Å². The van der Waals surface area contributed by atoms with Crippen molar-refractivity contribution in [1.82, 2.24) is 15.0 Å². The SMILES string of the molecule is Cc1ccc(NC(=O)Cc2nc(CSc3ncnc4sc5c(c34)CCC5)cs2)cc1. The first-order chi connectivity index (χ1) is 14.7. The number of benzene rings is 1. The lowest BCUT2D eigenvalue weighted by molar-refractivity contribution is -0.115. The molecule has 0 aliphatic heterocycles. The Labute approximate surface area is 187 Å². The number of aromatic nitrogens is 3. The van der Waals surface area contributed by atoms with E-state index in [0.717, 1.165) is 38.4 Å². The quantitative estimate of drug-likeness (QED) is 0.313. The largest absolute Gasteiger partial charge is 0.326 e. The molecule has 5 nitrogen and oxygen atoms in total. The van der Waals surface area contributed by atoms with Gasteiger partial charge in [0.25, 0.3) is 0 Å². The molecule has 0 saturated carbocycles. The van der Waals surface area contributed by atoms with E-state index in [2.05, 4.69) is 20.3 Å². The van der Waals surface area contributed by atoms with Gasteiger partial charge in [-0.3, -0.25) is 4.79 Å². The highest BCUT2D eigenvalue weighted by Gasteiger charge is 2.21. The van der Waals surface area contributed by atoms with Gasteiger partial charge in [0.05, 0.1) is 12.1 Å². The maximum absolute atomic E-state index is 12.3. The molecule has 5 rings (SSSR count). The number of amides is 1. The van der Waals surface area contributed by atoms with Gasteiger partial charge in [0.15, 0.2) is 0 Å². The Hall–Kier alpha value is -2.29. The van der Waals surface area contributed by atoms with Crippen LogP contribution in [0, 0.1) is 6.92 Å². The first-order valence-electron chi connectivity index (χ1n) is 9.83. The molecule has 1 aliphatic rings. The Balaban J connectivity index is 1.23. The van der Waals surface area contributed by atoms with Crippen LogP contribution >= 0.6 is 34.4 Å². The van der Waals surface area contributed by atoms with Gasteiger partial charge in [0.1, 0.15) is 21.2 Å². The molecular formula is C22H20N4OS3. The number of carbonyl (C=O) groups excluding carboxylic acids is 1. The average Bonchev–Trinajstić information content (AvgIpc) is 3.44. The molecule has 1 aliphatic carbocycles. The Morgan fingerprint density at radius 1 is 1.20 bits per heavy atom. The second-order valence-electron chi connectivity index (χ2n) is 7.33. The number of hydrogen-bond donors (Lipinski definition) is 1. The minimum atomic E-state index is -0.0428. The van der Waals surface area contributed by atoms with E-state index in [9.17, 15) is 4.79 Å². The fourth-order valence-electron chi connectivity index (χ4n) is 3.63. The fourth-order valence-corrected chi connectivity index (χ4v) is 6.74. The van der Waals surface area contributed by atoms with Crippen LogP contribution in [0.3, 0.4) is 0 Å². The molecular weight excluding hydrogens is 432 g/mol. The first kappa shape index (κ1) is 19.7. The van der Waals surface area contributed by atoms with Crippen molar-refractivity contribution in [3.05, 3.63) is 62.7 Å². The number of anilines is 1. The van der Waals surface area contributed by atoms with Crippen molar-refractivity contribution in [1.29, 1.82) is 0 Å². The number of nitrogens with zero attached hydrogens (tertiary/aromatic N) is 3. The Kier molecular flexibility index (Phi) is 5.54. The molecule has 0 spiro atoms. The lowest BCUT2D eigenvalue weighted by Crippen LogP contribution is -2.14. The summed E-state index contributed by atoms with van der Waals surface area (Å²) in [5, 5.41) is 8.10. The van der Waals surface area contributed by atoms with Crippen molar-refractivity contribution in [3.63, 3.8) is 0 Å². The number of thiazole rings is 1. The topological polar surface area (TPSA) is 67.8 Å². The Morgan fingerprint density at radius 3 is 2.93 bits per heavy atom. The van der Waals surface area contributed by atoms with Gasteiger partial charge in [0, 0.05) is 27.1 Å². The van der Waals surface area contributed by atoms with Crippen molar-refractivity contribution >= 4 is 56.2 Å². The number of carbonyl (C=O) groups is 1. The normalized spacial score (nSPS) is 13.0. The predicted octanol–water partition coefficient (Wildman–Crippen LogP) is 5.42. The summed E-state index contributed by atoms with van der Waals surface area (Å²) >= 11 is 5.06. The standard InChI is InChI=1S/C22H20N4OS3/c1-13-5-7-14(8-6-13)25-18(27)9-19-26-15(10-28-19)11-29-21-20-16-3-2-4-17(16)30-22(20)24-12-23-21/h5-8,10,12H,2-4,9,11H2,1H3,(H,25,27). The van der Waals surface area contributed by atoms with E-state index in [1.165, 1.54) is 45.6 Å². The molecule has 152 valence electrons. The lowest BCUT2D eigenvalue weighted by atomic mass is 10.2.